The summed E-state index contributed by atoms with van der Waals surface area (Å²) in [6, 6.07) is 0.574. The Balaban J connectivity index is 2.16. The van der Waals surface area contributed by atoms with Gasteiger partial charge < -0.3 is 10.1 Å². The molecule has 0 saturated carbocycles. The fourth-order valence-corrected chi connectivity index (χ4v) is 0.737. The third-order valence-corrected chi connectivity index (χ3v) is 1.50. The van der Waals surface area contributed by atoms with Gasteiger partial charge in [-0.15, -0.1) is 0 Å². The average Bonchev–Trinajstić information content (AvgIpc) is 1.65. The van der Waals surface area contributed by atoms with Gasteiger partial charge in [-0.05, 0) is 6.92 Å². The number of methoxy groups -OCH3 is 1. The lowest BCUT2D eigenvalue weighted by Crippen LogP contribution is -2.56. The van der Waals surface area contributed by atoms with Crippen molar-refractivity contribution in [3.63, 3.8) is 0 Å². The lowest BCUT2D eigenvalue weighted by Gasteiger charge is -2.33. The summed E-state index contributed by atoms with van der Waals surface area (Å²) in [5.74, 6) is 0. The molecule has 42 valence electrons. The zero-order valence-electron chi connectivity index (χ0n) is 4.77. The first kappa shape index (κ1) is 5.06. The van der Waals surface area contributed by atoms with Crippen LogP contribution >= 0.6 is 0 Å². The molecule has 7 heavy (non-hydrogen) atoms. The van der Waals surface area contributed by atoms with E-state index >= 15 is 0 Å². The molecule has 0 aromatic heterocycles. The molecule has 0 unspecified atom stereocenters. The maximum atomic E-state index is 5.04. The van der Waals surface area contributed by atoms with E-state index in [1.807, 2.05) is 0 Å². The van der Waals surface area contributed by atoms with Gasteiger partial charge in [0.05, 0.1) is 6.10 Å². The first-order valence-corrected chi connectivity index (χ1v) is 2.61. The van der Waals surface area contributed by atoms with Crippen molar-refractivity contribution >= 4 is 0 Å². The van der Waals surface area contributed by atoms with E-state index in [2.05, 4.69) is 12.2 Å². The minimum atomic E-state index is 0.472. The molecule has 0 aliphatic carbocycles. The highest BCUT2D eigenvalue weighted by atomic mass is 16.5. The fourth-order valence-electron chi connectivity index (χ4n) is 0.737. The molecule has 1 saturated heterocycles. The highest BCUT2D eigenvalue weighted by molar-refractivity contribution is 4.84. The predicted octanol–water partition coefficient (Wildman–Crippen LogP) is -0.00690. The van der Waals surface area contributed by atoms with Crippen molar-refractivity contribution in [1.29, 1.82) is 0 Å². The summed E-state index contributed by atoms with van der Waals surface area (Å²) >= 11 is 0. The number of hydrogen-bond acceptors (Lipinski definition) is 2. The smallest absolute Gasteiger partial charge is 0.0845 e. The summed E-state index contributed by atoms with van der Waals surface area (Å²) in [6.07, 6.45) is 0.472. The molecule has 1 aliphatic rings. The Morgan fingerprint density at radius 1 is 1.71 bits per heavy atom. The largest absolute Gasteiger partial charge is 0.379 e. The molecule has 0 aromatic carbocycles. The van der Waals surface area contributed by atoms with Gasteiger partial charge >= 0.3 is 0 Å². The normalized spacial score (nSPS) is 40.3. The number of ether oxygens (including phenoxy) is 1. The number of rotatable bonds is 1. The molecular formula is C5H11NO. The second-order valence-corrected chi connectivity index (χ2v) is 1.97. The van der Waals surface area contributed by atoms with Crippen molar-refractivity contribution < 1.29 is 4.74 Å². The van der Waals surface area contributed by atoms with Gasteiger partial charge in [0.1, 0.15) is 0 Å². The topological polar surface area (TPSA) is 21.3 Å². The Morgan fingerprint density at radius 2 is 2.43 bits per heavy atom. The van der Waals surface area contributed by atoms with Crippen molar-refractivity contribution in [2.45, 2.75) is 19.1 Å². The molecule has 2 atom stereocenters. The number of nitrogens with one attached hydrogen (secondary N) is 1. The SMILES string of the molecule is CO[C@@H]1CN[C@@H]1C. The predicted molar refractivity (Wildman–Crippen MR) is 28.3 cm³/mol. The van der Waals surface area contributed by atoms with Gasteiger partial charge in [0, 0.05) is 19.7 Å². The van der Waals surface area contributed by atoms with Crippen molar-refractivity contribution in [3.8, 4) is 0 Å². The van der Waals surface area contributed by atoms with E-state index < -0.39 is 0 Å². The highest BCUT2D eigenvalue weighted by Crippen LogP contribution is 2.04. The van der Waals surface area contributed by atoms with Gasteiger partial charge in [0.25, 0.3) is 0 Å². The lowest BCUT2D eigenvalue weighted by atomic mass is 10.1. The van der Waals surface area contributed by atoms with Crippen LogP contribution in [-0.4, -0.2) is 25.8 Å². The van der Waals surface area contributed by atoms with Crippen LogP contribution in [0.3, 0.4) is 0 Å². The minimum Gasteiger partial charge on any atom is -0.379 e. The Morgan fingerprint density at radius 3 is 2.43 bits per heavy atom. The van der Waals surface area contributed by atoms with E-state index in [4.69, 9.17) is 4.74 Å². The molecule has 1 N–H and O–H groups in total. The van der Waals surface area contributed by atoms with E-state index in [-0.39, 0.29) is 0 Å². The summed E-state index contributed by atoms with van der Waals surface area (Å²) < 4.78 is 5.04. The first-order chi connectivity index (χ1) is 3.34. The van der Waals surface area contributed by atoms with E-state index in [0.717, 1.165) is 6.54 Å². The van der Waals surface area contributed by atoms with Gasteiger partial charge in [0.2, 0.25) is 0 Å². The van der Waals surface area contributed by atoms with Gasteiger partial charge in [-0.1, -0.05) is 0 Å². The van der Waals surface area contributed by atoms with Crippen LogP contribution in [0.25, 0.3) is 0 Å². The van der Waals surface area contributed by atoms with E-state index in [1.165, 1.54) is 0 Å². The molecule has 2 heteroatoms. The number of hydrogen-bond donors (Lipinski definition) is 1. The Bertz CT molecular complexity index is 63.1. The molecule has 1 heterocycles. The molecule has 1 fully saturated rings. The highest BCUT2D eigenvalue weighted by Gasteiger charge is 2.24. The first-order valence-electron chi connectivity index (χ1n) is 2.61. The summed E-state index contributed by atoms with van der Waals surface area (Å²) in [5.41, 5.74) is 0. The maximum Gasteiger partial charge on any atom is 0.0845 e. The monoisotopic (exact) mass is 101 g/mol. The molecule has 0 bridgehead atoms. The molecule has 0 amide bonds. The lowest BCUT2D eigenvalue weighted by molar-refractivity contribution is 0.0231. The standard InChI is InChI=1S/C5H11NO/c1-4-5(7-2)3-6-4/h4-6H,3H2,1-2H3/t4-,5-/m1/s1. The Hall–Kier alpha value is -0.0800. The van der Waals surface area contributed by atoms with Crippen LogP contribution in [0.15, 0.2) is 0 Å². The fraction of sp³-hybridized carbons (Fsp3) is 1.00. The van der Waals surface area contributed by atoms with E-state index in [9.17, 15) is 0 Å². The van der Waals surface area contributed by atoms with Crippen LogP contribution in [0.4, 0.5) is 0 Å². The molecule has 0 spiro atoms. The van der Waals surface area contributed by atoms with Crippen molar-refractivity contribution in [2.75, 3.05) is 13.7 Å². The summed E-state index contributed by atoms with van der Waals surface area (Å²) in [5, 5.41) is 3.18. The van der Waals surface area contributed by atoms with Gasteiger partial charge in [-0.2, -0.15) is 0 Å². The summed E-state index contributed by atoms with van der Waals surface area (Å²) in [4.78, 5) is 0. The van der Waals surface area contributed by atoms with Crippen LogP contribution < -0.4 is 5.32 Å². The van der Waals surface area contributed by atoms with E-state index in [0.29, 0.717) is 12.1 Å². The average molecular weight is 101 g/mol. The molecule has 0 aromatic rings. The third kappa shape index (κ3) is 0.763. The van der Waals surface area contributed by atoms with Gasteiger partial charge in [-0.25, -0.2) is 0 Å². The molecule has 0 radical (unpaired) electrons. The zero-order valence-corrected chi connectivity index (χ0v) is 4.77. The Labute approximate surface area is 43.9 Å². The molecular weight excluding hydrogens is 90.1 g/mol. The molecule has 1 aliphatic heterocycles. The Kier molecular flexibility index (Phi) is 1.30. The van der Waals surface area contributed by atoms with Crippen molar-refractivity contribution in [1.82, 2.24) is 5.32 Å². The van der Waals surface area contributed by atoms with Crippen LogP contribution in [0.1, 0.15) is 6.92 Å². The van der Waals surface area contributed by atoms with Crippen molar-refractivity contribution in [2.24, 2.45) is 0 Å². The summed E-state index contributed by atoms with van der Waals surface area (Å²) in [7, 11) is 1.75. The zero-order chi connectivity index (χ0) is 5.28. The van der Waals surface area contributed by atoms with Crippen LogP contribution in [-0.2, 0) is 4.74 Å². The molecule has 1 rings (SSSR count). The molecule has 2 nitrogen and oxygen atoms in total. The maximum absolute atomic E-state index is 5.04. The second kappa shape index (κ2) is 1.80. The minimum absolute atomic E-state index is 0.472. The van der Waals surface area contributed by atoms with Gasteiger partial charge in [0.15, 0.2) is 0 Å². The quantitative estimate of drug-likeness (QED) is 0.501. The third-order valence-electron chi connectivity index (χ3n) is 1.50. The van der Waals surface area contributed by atoms with Crippen LogP contribution in [0.2, 0.25) is 0 Å². The summed E-state index contributed by atoms with van der Waals surface area (Å²) in [6.45, 7) is 3.15. The second-order valence-electron chi connectivity index (χ2n) is 1.97. The van der Waals surface area contributed by atoms with Crippen LogP contribution in [0, 0.1) is 0 Å². The van der Waals surface area contributed by atoms with Crippen molar-refractivity contribution in [3.05, 3.63) is 0 Å². The van der Waals surface area contributed by atoms with E-state index in [1.54, 1.807) is 7.11 Å². The van der Waals surface area contributed by atoms with Crippen LogP contribution in [0.5, 0.6) is 0 Å². The van der Waals surface area contributed by atoms with Gasteiger partial charge in [-0.3, -0.25) is 0 Å².